The van der Waals surface area contributed by atoms with Crippen molar-refractivity contribution in [3.05, 3.63) is 41.1 Å². The molecule has 1 aromatic heterocycles. The van der Waals surface area contributed by atoms with Gasteiger partial charge in [0, 0.05) is 37.3 Å². The Kier molecular flexibility index (Phi) is 12.0. The maximum Gasteiger partial charge on any atom is 0.314 e. The highest BCUT2D eigenvalue weighted by atomic mass is 16.7. The zero-order chi connectivity index (χ0) is 29.2. The molecule has 2 amide bonds. The number of nitrogens with zero attached hydrogens (tertiary/aromatic N) is 2. The minimum Gasteiger partial charge on any atom is -0.494 e. The zero-order valence-electron chi connectivity index (χ0n) is 23.5. The molecule has 224 valence electrons. The van der Waals surface area contributed by atoms with E-state index < -0.39 is 37.3 Å². The van der Waals surface area contributed by atoms with Crippen molar-refractivity contribution in [1.29, 1.82) is 0 Å². The number of aromatic amines is 1. The van der Waals surface area contributed by atoms with Crippen LogP contribution < -0.4 is 20.1 Å². The van der Waals surface area contributed by atoms with Crippen LogP contribution in [-0.2, 0) is 11.2 Å². The molecule has 1 aromatic carbocycles. The van der Waals surface area contributed by atoms with E-state index in [1.165, 1.54) is 0 Å². The first-order valence-corrected chi connectivity index (χ1v) is 13.5. The number of rotatable bonds is 14. The van der Waals surface area contributed by atoms with E-state index in [1.807, 2.05) is 57.1 Å². The Morgan fingerprint density at radius 3 is 2.45 bits per heavy atom. The molecule has 0 bridgehead atoms. The van der Waals surface area contributed by atoms with Gasteiger partial charge in [0.2, 0.25) is 12.2 Å². The number of urea groups is 1. The molecule has 1 aliphatic rings. The smallest absolute Gasteiger partial charge is 0.314 e. The molecule has 0 radical (unpaired) electrons. The Bertz CT molecular complexity index is 1050. The fourth-order valence-electron chi connectivity index (χ4n) is 4.21. The van der Waals surface area contributed by atoms with Crippen molar-refractivity contribution in [1.82, 2.24) is 25.7 Å². The van der Waals surface area contributed by atoms with Crippen LogP contribution in [0.1, 0.15) is 43.0 Å². The van der Waals surface area contributed by atoms with Crippen LogP contribution in [0.3, 0.4) is 0 Å². The van der Waals surface area contributed by atoms with E-state index in [2.05, 4.69) is 20.8 Å². The molecule has 0 spiro atoms. The Morgan fingerprint density at radius 2 is 1.80 bits per heavy atom. The van der Waals surface area contributed by atoms with Crippen molar-refractivity contribution < 1.29 is 39.4 Å². The Morgan fingerprint density at radius 1 is 1.10 bits per heavy atom. The van der Waals surface area contributed by atoms with Crippen LogP contribution in [0.25, 0.3) is 0 Å². The van der Waals surface area contributed by atoms with Gasteiger partial charge < -0.3 is 50.2 Å². The molecule has 0 unspecified atom stereocenters. The lowest BCUT2D eigenvalue weighted by Crippen LogP contribution is -2.60. The van der Waals surface area contributed by atoms with Crippen LogP contribution in [0.5, 0.6) is 11.6 Å². The molecule has 7 N–H and O–H groups in total. The maximum atomic E-state index is 11.8. The third-order valence-electron chi connectivity index (χ3n) is 6.54. The number of H-pyrrole nitrogens is 1. The summed E-state index contributed by atoms with van der Waals surface area (Å²) in [5, 5.41) is 52.8. The van der Waals surface area contributed by atoms with Gasteiger partial charge in [-0.3, -0.25) is 5.10 Å². The Labute approximate surface area is 234 Å². The summed E-state index contributed by atoms with van der Waals surface area (Å²) < 4.78 is 17.1. The highest BCUT2D eigenvalue weighted by molar-refractivity contribution is 5.73. The van der Waals surface area contributed by atoms with Gasteiger partial charge in [0.1, 0.15) is 30.2 Å². The molecule has 1 saturated heterocycles. The number of carbonyl (C=O) groups is 1. The first-order chi connectivity index (χ1) is 19.1. The number of aliphatic hydroxyl groups excluding tert-OH is 4. The summed E-state index contributed by atoms with van der Waals surface area (Å²) in [6.45, 7) is 5.78. The third kappa shape index (κ3) is 8.78. The topological polar surface area (TPSA) is 182 Å². The van der Waals surface area contributed by atoms with Crippen LogP contribution in [-0.4, -0.2) is 119 Å². The molecular weight excluding hydrogens is 522 g/mol. The van der Waals surface area contributed by atoms with Crippen LogP contribution in [0.15, 0.2) is 24.3 Å². The van der Waals surface area contributed by atoms with Crippen molar-refractivity contribution in [3.8, 4) is 11.6 Å². The van der Waals surface area contributed by atoms with E-state index in [9.17, 15) is 25.2 Å². The van der Waals surface area contributed by atoms with Crippen molar-refractivity contribution in [2.75, 3.05) is 46.9 Å². The Hall–Kier alpha value is -2.94. The summed E-state index contributed by atoms with van der Waals surface area (Å²) in [6, 6.07) is 7.40. The number of amides is 2. The summed E-state index contributed by atoms with van der Waals surface area (Å²) in [6.07, 6.45) is -5.83. The van der Waals surface area contributed by atoms with Gasteiger partial charge in [-0.05, 0) is 44.1 Å². The normalized spacial score (nSPS) is 22.9. The van der Waals surface area contributed by atoms with Crippen molar-refractivity contribution >= 4 is 6.03 Å². The van der Waals surface area contributed by atoms with Crippen molar-refractivity contribution in [2.24, 2.45) is 0 Å². The highest BCUT2D eigenvalue weighted by Crippen LogP contribution is 2.31. The third-order valence-corrected chi connectivity index (χ3v) is 6.54. The number of nitrogens with one attached hydrogen (secondary N) is 3. The van der Waals surface area contributed by atoms with E-state index in [4.69, 9.17) is 14.2 Å². The minimum absolute atomic E-state index is 0.0981. The average molecular weight is 566 g/mol. The number of carbonyl (C=O) groups excluding carboxylic acids is 1. The summed E-state index contributed by atoms with van der Waals surface area (Å²) in [7, 11) is 3.90. The molecule has 0 saturated carbocycles. The van der Waals surface area contributed by atoms with E-state index in [0.717, 1.165) is 23.4 Å². The lowest BCUT2D eigenvalue weighted by molar-refractivity contribution is -0.278. The van der Waals surface area contributed by atoms with Crippen molar-refractivity contribution in [3.63, 3.8) is 0 Å². The monoisotopic (exact) mass is 565 g/mol. The van der Waals surface area contributed by atoms with E-state index in [-0.39, 0.29) is 17.8 Å². The van der Waals surface area contributed by atoms with E-state index in [1.54, 1.807) is 0 Å². The Balaban J connectivity index is 1.54. The number of ether oxygens (including phenoxy) is 3. The average Bonchev–Trinajstić information content (AvgIpc) is 3.31. The number of benzene rings is 1. The molecular formula is C27H43N5O8. The van der Waals surface area contributed by atoms with Gasteiger partial charge in [-0.15, -0.1) is 5.10 Å². The molecule has 2 aromatic rings. The fraction of sp³-hybridized carbons (Fsp3) is 0.630. The van der Waals surface area contributed by atoms with Crippen LogP contribution in [0.2, 0.25) is 0 Å². The molecule has 40 heavy (non-hydrogen) atoms. The summed E-state index contributed by atoms with van der Waals surface area (Å²) in [4.78, 5) is 13.7. The predicted octanol–water partition coefficient (Wildman–Crippen LogP) is -0.0677. The second-order valence-corrected chi connectivity index (χ2v) is 10.4. The number of aromatic nitrogens is 2. The first kappa shape index (κ1) is 31.6. The van der Waals surface area contributed by atoms with E-state index >= 15 is 0 Å². The van der Waals surface area contributed by atoms with Crippen LogP contribution in [0.4, 0.5) is 4.79 Å². The summed E-state index contributed by atoms with van der Waals surface area (Å²) in [5.74, 6) is 1.00. The summed E-state index contributed by atoms with van der Waals surface area (Å²) in [5.41, 5.74) is 2.57. The molecule has 2 heterocycles. The second-order valence-electron chi connectivity index (χ2n) is 10.4. The molecule has 1 fully saturated rings. The zero-order valence-corrected chi connectivity index (χ0v) is 23.5. The molecule has 3 rings (SSSR count). The quantitative estimate of drug-likeness (QED) is 0.153. The number of aliphatic hydroxyl groups is 4. The highest BCUT2D eigenvalue weighted by Gasteiger charge is 2.45. The van der Waals surface area contributed by atoms with Crippen LogP contribution in [0, 0.1) is 0 Å². The van der Waals surface area contributed by atoms with Gasteiger partial charge in [-0.1, -0.05) is 26.0 Å². The van der Waals surface area contributed by atoms with Crippen molar-refractivity contribution in [2.45, 2.75) is 63.3 Å². The standard InChI is InChI=1S/C27H43N5O8/c1-16(2)21-19(25(31-30-21)40-26-24(36)23(35)22(34)20(15-33)39-26)14-17-6-8-18(9-7-17)38-13-5-10-28-27(37)29-11-12-32(3)4/h6-9,16,20,22-24,26,33-36H,5,10-15H2,1-4H3,(H,30,31)(H2,28,29,37)/t20-,22-,23+,24-,26+/m1/s1. The molecule has 13 nitrogen and oxygen atoms in total. The van der Waals surface area contributed by atoms with Gasteiger partial charge in [0.15, 0.2) is 0 Å². The summed E-state index contributed by atoms with van der Waals surface area (Å²) >= 11 is 0. The van der Waals surface area contributed by atoms with Gasteiger partial charge in [0.25, 0.3) is 0 Å². The SMILES string of the molecule is CC(C)c1[nH]nc(O[C@@H]2O[C@H](CO)[C@@H](O)[C@H](O)[C@H]2O)c1Cc1ccc(OCCCNC(=O)NCCN(C)C)cc1. The molecule has 0 aliphatic carbocycles. The number of hydrogen-bond acceptors (Lipinski definition) is 10. The fourth-order valence-corrected chi connectivity index (χ4v) is 4.21. The predicted molar refractivity (Wildman–Crippen MR) is 146 cm³/mol. The van der Waals surface area contributed by atoms with E-state index in [0.29, 0.717) is 38.3 Å². The lowest BCUT2D eigenvalue weighted by atomic mass is 9.98. The molecule has 1 aliphatic heterocycles. The first-order valence-electron chi connectivity index (χ1n) is 13.5. The van der Waals surface area contributed by atoms with Gasteiger partial charge in [-0.2, -0.15) is 0 Å². The number of hydrogen-bond donors (Lipinski definition) is 7. The second kappa shape index (κ2) is 15.2. The largest absolute Gasteiger partial charge is 0.494 e. The van der Waals surface area contributed by atoms with Gasteiger partial charge in [-0.25, -0.2) is 4.79 Å². The maximum absolute atomic E-state index is 11.8. The van der Waals surface area contributed by atoms with Gasteiger partial charge >= 0.3 is 6.03 Å². The molecule has 5 atom stereocenters. The van der Waals surface area contributed by atoms with Gasteiger partial charge in [0.05, 0.1) is 13.2 Å². The minimum atomic E-state index is -1.54. The lowest BCUT2D eigenvalue weighted by Gasteiger charge is -2.39. The molecule has 13 heteroatoms. The van der Waals surface area contributed by atoms with Crippen LogP contribution >= 0.6 is 0 Å². The number of likely N-dealkylation sites (N-methyl/N-ethyl adjacent to an activating group) is 1.